The van der Waals surface area contributed by atoms with Crippen molar-refractivity contribution in [2.24, 2.45) is 0 Å². The zero-order valence-electron chi connectivity index (χ0n) is 19.4. The molecule has 30 heavy (non-hydrogen) atoms. The Hall–Kier alpha value is -0.460. The van der Waals surface area contributed by atoms with Crippen LogP contribution in [-0.2, 0) is 9.47 Å². The predicted octanol–water partition coefficient (Wildman–Crippen LogP) is 4.91. The van der Waals surface area contributed by atoms with E-state index in [-0.39, 0.29) is 13.2 Å². The highest BCUT2D eigenvalue weighted by molar-refractivity contribution is 4.86. The van der Waals surface area contributed by atoms with Gasteiger partial charge in [0.2, 0.25) is 0 Å². The molecule has 0 bridgehead atoms. The van der Waals surface area contributed by atoms with E-state index in [0.717, 1.165) is 12.8 Å². The molecule has 0 amide bonds. The summed E-state index contributed by atoms with van der Waals surface area (Å²) in [6.07, 6.45) is 20.5. The number of allylic oxidation sites excluding steroid dienone is 1. The van der Waals surface area contributed by atoms with Gasteiger partial charge >= 0.3 is 0 Å². The number of hydrogen-bond donors (Lipinski definition) is 3. The molecule has 0 aromatic rings. The van der Waals surface area contributed by atoms with Crippen LogP contribution in [0.15, 0.2) is 12.2 Å². The normalized spacial score (nSPS) is 24.7. The Morgan fingerprint density at radius 3 is 1.87 bits per heavy atom. The lowest BCUT2D eigenvalue weighted by molar-refractivity contribution is -0.199. The average Bonchev–Trinajstić information content (AvgIpc) is 2.75. The largest absolute Gasteiger partial charge is 0.388 e. The number of rotatable bonds is 19. The Bertz CT molecular complexity index is 401. The minimum atomic E-state index is -1.16. The molecule has 1 heterocycles. The predicted molar refractivity (Wildman–Crippen MR) is 123 cm³/mol. The topological polar surface area (TPSA) is 79.2 Å². The fourth-order valence-corrected chi connectivity index (χ4v) is 3.88. The molecule has 0 spiro atoms. The second-order valence-corrected chi connectivity index (χ2v) is 8.79. The molecule has 1 rings (SSSR count). The first-order valence-corrected chi connectivity index (χ1v) is 12.5. The van der Waals surface area contributed by atoms with Crippen molar-refractivity contribution in [2.45, 2.75) is 128 Å². The van der Waals surface area contributed by atoms with Gasteiger partial charge in [0.1, 0.15) is 24.4 Å². The minimum Gasteiger partial charge on any atom is -0.388 e. The second kappa shape index (κ2) is 19.2. The van der Waals surface area contributed by atoms with E-state index in [1.165, 1.54) is 83.5 Å². The maximum atomic E-state index is 9.83. The van der Waals surface area contributed by atoms with Gasteiger partial charge in [-0.1, -0.05) is 96.1 Å². The summed E-state index contributed by atoms with van der Waals surface area (Å²) in [7, 11) is 0. The lowest BCUT2D eigenvalue weighted by atomic mass is 10.0. The first kappa shape index (κ1) is 27.6. The molecule has 178 valence electrons. The van der Waals surface area contributed by atoms with Gasteiger partial charge in [0.25, 0.3) is 0 Å². The number of aliphatic hydroxyl groups excluding tert-OH is 3. The maximum absolute atomic E-state index is 9.83. The van der Waals surface area contributed by atoms with Gasteiger partial charge in [0, 0.05) is 0 Å². The molecule has 0 unspecified atom stereocenters. The third-order valence-electron chi connectivity index (χ3n) is 5.96. The third-order valence-corrected chi connectivity index (χ3v) is 5.96. The molecule has 1 aliphatic heterocycles. The highest BCUT2D eigenvalue weighted by Crippen LogP contribution is 2.16. The van der Waals surface area contributed by atoms with Crippen LogP contribution in [0.4, 0.5) is 0 Å². The van der Waals surface area contributed by atoms with Gasteiger partial charge in [-0.3, -0.25) is 0 Å². The monoisotopic (exact) mass is 428 g/mol. The molecule has 0 aromatic carbocycles. The van der Waals surface area contributed by atoms with Gasteiger partial charge in [0.05, 0.1) is 19.8 Å². The molecule has 5 heteroatoms. The van der Waals surface area contributed by atoms with Crippen molar-refractivity contribution in [3.05, 3.63) is 12.2 Å². The van der Waals surface area contributed by atoms with Gasteiger partial charge in [-0.2, -0.15) is 0 Å². The summed E-state index contributed by atoms with van der Waals surface area (Å²) in [6, 6.07) is 0. The first-order chi connectivity index (χ1) is 14.7. The SMILES string of the molecule is CCCCCCCCCCCCCCC/C=C/CCOC[C@@H]1OC[C@@H](O)[C@H](O)[C@H]1O. The van der Waals surface area contributed by atoms with E-state index in [2.05, 4.69) is 19.1 Å². The molecule has 1 aliphatic rings. The molecule has 1 saturated heterocycles. The number of hydrogen-bond acceptors (Lipinski definition) is 5. The first-order valence-electron chi connectivity index (χ1n) is 12.5. The van der Waals surface area contributed by atoms with Crippen LogP contribution in [0.1, 0.15) is 103 Å². The van der Waals surface area contributed by atoms with Crippen molar-refractivity contribution in [1.82, 2.24) is 0 Å². The van der Waals surface area contributed by atoms with Crippen LogP contribution >= 0.6 is 0 Å². The van der Waals surface area contributed by atoms with Gasteiger partial charge in [-0.15, -0.1) is 0 Å². The highest BCUT2D eigenvalue weighted by atomic mass is 16.6. The van der Waals surface area contributed by atoms with E-state index in [4.69, 9.17) is 9.47 Å². The Kier molecular flexibility index (Phi) is 17.7. The zero-order valence-corrected chi connectivity index (χ0v) is 19.4. The summed E-state index contributed by atoms with van der Waals surface area (Å²) in [5, 5.41) is 28.9. The van der Waals surface area contributed by atoms with Crippen LogP contribution in [0.5, 0.6) is 0 Å². The third kappa shape index (κ3) is 13.8. The van der Waals surface area contributed by atoms with E-state index in [1.54, 1.807) is 0 Å². The summed E-state index contributed by atoms with van der Waals surface area (Å²) >= 11 is 0. The van der Waals surface area contributed by atoms with Gasteiger partial charge in [0.15, 0.2) is 0 Å². The van der Waals surface area contributed by atoms with Crippen molar-refractivity contribution < 1.29 is 24.8 Å². The molecule has 5 nitrogen and oxygen atoms in total. The standard InChI is InChI=1S/C25H48O5/c1-2-3-4-5-6-7-8-9-10-11-12-13-14-15-16-17-18-19-29-21-23-25(28)24(27)22(26)20-30-23/h16-17,22-28H,2-15,18-21H2,1H3/b17-16+/t22-,23+,24+,25+/m1/s1. The van der Waals surface area contributed by atoms with Crippen molar-refractivity contribution in [2.75, 3.05) is 19.8 Å². The van der Waals surface area contributed by atoms with Crippen molar-refractivity contribution >= 4 is 0 Å². The Morgan fingerprint density at radius 1 is 0.733 bits per heavy atom. The molecule has 0 aliphatic carbocycles. The van der Waals surface area contributed by atoms with Crippen LogP contribution in [0.3, 0.4) is 0 Å². The van der Waals surface area contributed by atoms with Crippen LogP contribution < -0.4 is 0 Å². The van der Waals surface area contributed by atoms with Gasteiger partial charge in [-0.05, 0) is 19.3 Å². The molecular formula is C25H48O5. The highest BCUT2D eigenvalue weighted by Gasteiger charge is 2.37. The number of aliphatic hydroxyl groups is 3. The molecule has 0 radical (unpaired) electrons. The smallest absolute Gasteiger partial charge is 0.111 e. The van der Waals surface area contributed by atoms with Crippen molar-refractivity contribution in [1.29, 1.82) is 0 Å². The van der Waals surface area contributed by atoms with E-state index >= 15 is 0 Å². The second-order valence-electron chi connectivity index (χ2n) is 8.79. The lowest BCUT2D eigenvalue weighted by Gasteiger charge is -2.35. The Balaban J connectivity index is 1.79. The maximum Gasteiger partial charge on any atom is 0.111 e. The van der Waals surface area contributed by atoms with E-state index < -0.39 is 24.4 Å². The van der Waals surface area contributed by atoms with E-state index in [0.29, 0.717) is 6.61 Å². The van der Waals surface area contributed by atoms with Crippen LogP contribution in [0.2, 0.25) is 0 Å². The van der Waals surface area contributed by atoms with Crippen molar-refractivity contribution in [3.8, 4) is 0 Å². The molecule has 3 N–H and O–H groups in total. The Morgan fingerprint density at radius 2 is 1.27 bits per heavy atom. The number of unbranched alkanes of at least 4 members (excludes halogenated alkanes) is 13. The van der Waals surface area contributed by atoms with E-state index in [9.17, 15) is 15.3 Å². The zero-order chi connectivity index (χ0) is 21.9. The fourth-order valence-electron chi connectivity index (χ4n) is 3.88. The fraction of sp³-hybridized carbons (Fsp3) is 0.920. The summed E-state index contributed by atoms with van der Waals surface area (Å²) in [4.78, 5) is 0. The molecule has 0 aromatic heterocycles. The van der Waals surface area contributed by atoms with E-state index in [1.807, 2.05) is 0 Å². The molecule has 4 atom stereocenters. The average molecular weight is 429 g/mol. The molecule has 1 fully saturated rings. The molecular weight excluding hydrogens is 380 g/mol. The summed E-state index contributed by atoms with van der Waals surface area (Å²) in [5.74, 6) is 0. The van der Waals surface area contributed by atoms with Crippen molar-refractivity contribution in [3.63, 3.8) is 0 Å². The van der Waals surface area contributed by atoms with Crippen LogP contribution in [0.25, 0.3) is 0 Å². The minimum absolute atomic E-state index is 0.0330. The Labute approximate surface area is 184 Å². The van der Waals surface area contributed by atoms with Crippen LogP contribution in [0, 0.1) is 0 Å². The van der Waals surface area contributed by atoms with Crippen LogP contribution in [-0.4, -0.2) is 59.6 Å². The quantitative estimate of drug-likeness (QED) is 0.201. The molecule has 0 saturated carbocycles. The lowest BCUT2D eigenvalue weighted by Crippen LogP contribution is -2.54. The number of ether oxygens (including phenoxy) is 2. The van der Waals surface area contributed by atoms with Gasteiger partial charge < -0.3 is 24.8 Å². The summed E-state index contributed by atoms with van der Waals surface area (Å²) in [6.45, 7) is 3.11. The summed E-state index contributed by atoms with van der Waals surface area (Å²) < 4.78 is 10.8. The van der Waals surface area contributed by atoms with Gasteiger partial charge in [-0.25, -0.2) is 0 Å². The summed E-state index contributed by atoms with van der Waals surface area (Å²) in [5.41, 5.74) is 0.